The summed E-state index contributed by atoms with van der Waals surface area (Å²) in [5.74, 6) is 3.07. The molecule has 3 heteroatoms. The van der Waals surface area contributed by atoms with Crippen LogP contribution in [-0.4, -0.2) is 12.1 Å². The first-order chi connectivity index (χ1) is 10.0. The van der Waals surface area contributed by atoms with E-state index in [1.54, 1.807) is 0 Å². The molecule has 3 rings (SSSR count). The largest absolute Gasteiger partial charge is 0.489 e. The Bertz CT molecular complexity index is 540. The Morgan fingerprint density at radius 2 is 2.00 bits per heavy atom. The topological polar surface area (TPSA) is 21.3 Å². The zero-order valence-electron chi connectivity index (χ0n) is 13.0. The van der Waals surface area contributed by atoms with Crippen molar-refractivity contribution >= 4 is 17.3 Å². The molecule has 21 heavy (non-hydrogen) atoms. The summed E-state index contributed by atoms with van der Waals surface area (Å²) in [5, 5.41) is 4.29. The van der Waals surface area contributed by atoms with Gasteiger partial charge in [0, 0.05) is 11.7 Å². The van der Waals surface area contributed by atoms with E-state index in [1.807, 2.05) is 26.0 Å². The molecule has 0 saturated heterocycles. The fraction of sp³-hybridized carbons (Fsp3) is 0.556. The Balaban J connectivity index is 1.65. The first-order valence-electron chi connectivity index (χ1n) is 7.94. The van der Waals surface area contributed by atoms with Crippen molar-refractivity contribution in [3.05, 3.63) is 35.4 Å². The van der Waals surface area contributed by atoms with E-state index in [-0.39, 0.29) is 6.10 Å². The van der Waals surface area contributed by atoms with Gasteiger partial charge in [0.2, 0.25) is 0 Å². The number of halogens is 1. The molecule has 0 aliphatic heterocycles. The van der Waals surface area contributed by atoms with Crippen molar-refractivity contribution in [3.8, 4) is 5.75 Å². The van der Waals surface area contributed by atoms with Crippen LogP contribution in [0.3, 0.4) is 0 Å². The SMILES string of the molecule is CC(C)Oc1ccc(NC(C)C2CC3C=CC2C3)cc1Cl. The summed E-state index contributed by atoms with van der Waals surface area (Å²) < 4.78 is 5.68. The predicted octanol–water partition coefficient (Wildman–Crippen LogP) is 5.14. The van der Waals surface area contributed by atoms with Gasteiger partial charge in [0.15, 0.2) is 0 Å². The molecule has 4 unspecified atom stereocenters. The molecule has 2 bridgehead atoms. The van der Waals surface area contributed by atoms with Gasteiger partial charge in [-0.15, -0.1) is 0 Å². The van der Waals surface area contributed by atoms with Gasteiger partial charge in [0.25, 0.3) is 0 Å². The first-order valence-corrected chi connectivity index (χ1v) is 8.32. The Hall–Kier alpha value is -1.15. The third-order valence-corrected chi connectivity index (χ3v) is 4.96. The second-order valence-corrected chi connectivity index (χ2v) is 7.10. The highest BCUT2D eigenvalue weighted by Gasteiger charge is 2.38. The normalized spacial score (nSPS) is 28.1. The van der Waals surface area contributed by atoms with Crippen LogP contribution in [-0.2, 0) is 0 Å². The van der Waals surface area contributed by atoms with Crippen LogP contribution in [0.2, 0.25) is 5.02 Å². The van der Waals surface area contributed by atoms with Crippen LogP contribution in [0, 0.1) is 17.8 Å². The van der Waals surface area contributed by atoms with Crippen LogP contribution in [0.4, 0.5) is 5.69 Å². The van der Waals surface area contributed by atoms with Crippen LogP contribution < -0.4 is 10.1 Å². The van der Waals surface area contributed by atoms with E-state index < -0.39 is 0 Å². The molecule has 114 valence electrons. The van der Waals surface area contributed by atoms with E-state index in [1.165, 1.54) is 12.8 Å². The lowest BCUT2D eigenvalue weighted by Crippen LogP contribution is -2.28. The summed E-state index contributed by atoms with van der Waals surface area (Å²) in [6, 6.07) is 6.46. The monoisotopic (exact) mass is 305 g/mol. The Labute approximate surface area is 132 Å². The van der Waals surface area contributed by atoms with Gasteiger partial charge in [-0.3, -0.25) is 0 Å². The first kappa shape index (κ1) is 14.8. The number of anilines is 1. The van der Waals surface area contributed by atoms with Crippen LogP contribution >= 0.6 is 11.6 Å². The molecular formula is C18H24ClNO. The second-order valence-electron chi connectivity index (χ2n) is 6.69. The Kier molecular flexibility index (Phi) is 4.17. The molecule has 0 amide bonds. The zero-order valence-corrected chi connectivity index (χ0v) is 13.7. The summed E-state index contributed by atoms with van der Waals surface area (Å²) in [6.45, 7) is 6.30. The standard InChI is InChI=1S/C18H24ClNO/c1-11(2)21-18-7-6-15(10-17(18)19)20-12(3)16-9-13-4-5-14(16)8-13/h4-7,10-14,16,20H,8-9H2,1-3H3. The van der Waals surface area contributed by atoms with Crippen molar-refractivity contribution in [3.63, 3.8) is 0 Å². The summed E-state index contributed by atoms with van der Waals surface area (Å²) in [5.41, 5.74) is 1.08. The van der Waals surface area contributed by atoms with E-state index in [2.05, 4.69) is 30.5 Å². The van der Waals surface area contributed by atoms with Crippen molar-refractivity contribution in [1.82, 2.24) is 0 Å². The molecule has 0 radical (unpaired) electrons. The van der Waals surface area contributed by atoms with Crippen LogP contribution in [0.15, 0.2) is 30.4 Å². The van der Waals surface area contributed by atoms with Gasteiger partial charge in [-0.05, 0) is 69.6 Å². The van der Waals surface area contributed by atoms with Crippen molar-refractivity contribution in [1.29, 1.82) is 0 Å². The highest BCUT2D eigenvalue weighted by Crippen LogP contribution is 2.45. The van der Waals surface area contributed by atoms with Crippen molar-refractivity contribution in [2.24, 2.45) is 17.8 Å². The minimum absolute atomic E-state index is 0.140. The average molecular weight is 306 g/mol. The average Bonchev–Trinajstić information content (AvgIpc) is 3.04. The van der Waals surface area contributed by atoms with Gasteiger partial charge >= 0.3 is 0 Å². The molecule has 1 N–H and O–H groups in total. The van der Waals surface area contributed by atoms with Crippen molar-refractivity contribution in [2.45, 2.75) is 45.8 Å². The minimum atomic E-state index is 0.140. The quantitative estimate of drug-likeness (QED) is 0.761. The zero-order chi connectivity index (χ0) is 15.0. The molecule has 2 aliphatic rings. The summed E-state index contributed by atoms with van der Waals surface area (Å²) in [4.78, 5) is 0. The van der Waals surface area contributed by atoms with Gasteiger partial charge in [-0.1, -0.05) is 23.8 Å². The van der Waals surface area contributed by atoms with Crippen molar-refractivity contribution < 1.29 is 4.74 Å². The molecule has 0 aromatic heterocycles. The maximum absolute atomic E-state index is 6.30. The van der Waals surface area contributed by atoms with Crippen molar-refractivity contribution in [2.75, 3.05) is 5.32 Å². The highest BCUT2D eigenvalue weighted by molar-refractivity contribution is 6.32. The lowest BCUT2D eigenvalue weighted by Gasteiger charge is -2.27. The predicted molar refractivity (Wildman–Crippen MR) is 89.1 cm³/mol. The molecule has 1 aromatic rings. The van der Waals surface area contributed by atoms with Gasteiger partial charge in [-0.2, -0.15) is 0 Å². The molecule has 1 saturated carbocycles. The number of hydrogen-bond acceptors (Lipinski definition) is 2. The number of benzene rings is 1. The number of allylic oxidation sites excluding steroid dienone is 2. The molecule has 0 heterocycles. The maximum atomic E-state index is 6.30. The fourth-order valence-corrected chi connectivity index (χ4v) is 3.93. The van der Waals surface area contributed by atoms with Gasteiger partial charge in [0.1, 0.15) is 5.75 Å². The lowest BCUT2D eigenvalue weighted by atomic mass is 9.87. The maximum Gasteiger partial charge on any atom is 0.138 e. The van der Waals surface area contributed by atoms with Crippen LogP contribution in [0.25, 0.3) is 0 Å². The summed E-state index contributed by atoms with van der Waals surface area (Å²) >= 11 is 6.30. The summed E-state index contributed by atoms with van der Waals surface area (Å²) in [7, 11) is 0. The highest BCUT2D eigenvalue weighted by atomic mass is 35.5. The lowest BCUT2D eigenvalue weighted by molar-refractivity contribution is 0.242. The third kappa shape index (κ3) is 3.21. The van der Waals surface area contributed by atoms with Crippen LogP contribution in [0.5, 0.6) is 5.75 Å². The molecule has 2 nitrogen and oxygen atoms in total. The van der Waals surface area contributed by atoms with E-state index >= 15 is 0 Å². The summed E-state index contributed by atoms with van der Waals surface area (Å²) in [6.07, 6.45) is 7.60. The molecule has 4 atom stereocenters. The van der Waals surface area contributed by atoms with E-state index in [4.69, 9.17) is 16.3 Å². The van der Waals surface area contributed by atoms with E-state index in [9.17, 15) is 0 Å². The molecule has 1 aromatic carbocycles. The number of hydrogen-bond donors (Lipinski definition) is 1. The Morgan fingerprint density at radius 3 is 2.57 bits per heavy atom. The van der Waals surface area contributed by atoms with E-state index in [0.717, 1.165) is 29.2 Å². The number of ether oxygens (including phenoxy) is 1. The Morgan fingerprint density at radius 1 is 1.19 bits per heavy atom. The van der Waals surface area contributed by atoms with E-state index in [0.29, 0.717) is 11.1 Å². The fourth-order valence-electron chi connectivity index (χ4n) is 3.71. The molecule has 1 fully saturated rings. The van der Waals surface area contributed by atoms with Gasteiger partial charge < -0.3 is 10.1 Å². The minimum Gasteiger partial charge on any atom is -0.489 e. The van der Waals surface area contributed by atoms with Crippen LogP contribution in [0.1, 0.15) is 33.6 Å². The number of fused-ring (bicyclic) bond motifs is 2. The van der Waals surface area contributed by atoms with Gasteiger partial charge in [0.05, 0.1) is 11.1 Å². The third-order valence-electron chi connectivity index (χ3n) is 4.66. The molecule has 0 spiro atoms. The smallest absolute Gasteiger partial charge is 0.138 e. The molecule has 2 aliphatic carbocycles. The van der Waals surface area contributed by atoms with Gasteiger partial charge in [-0.25, -0.2) is 0 Å². The number of rotatable bonds is 5. The molecular weight excluding hydrogens is 282 g/mol. The second kappa shape index (κ2) is 5.92. The number of nitrogens with one attached hydrogen (secondary N) is 1.